The van der Waals surface area contributed by atoms with Gasteiger partial charge < -0.3 is 15.7 Å². The van der Waals surface area contributed by atoms with Crippen molar-refractivity contribution in [2.24, 2.45) is 11.7 Å². The highest BCUT2D eigenvalue weighted by Gasteiger charge is 2.38. The predicted molar refractivity (Wildman–Crippen MR) is 88.4 cm³/mol. The zero-order valence-electron chi connectivity index (χ0n) is 13.3. The maximum atomic E-state index is 12.7. The second kappa shape index (κ2) is 5.96. The lowest BCUT2D eigenvalue weighted by Gasteiger charge is -2.19. The zero-order valence-corrected chi connectivity index (χ0v) is 13.3. The molecule has 0 unspecified atom stereocenters. The van der Waals surface area contributed by atoms with Crippen LogP contribution in [0.3, 0.4) is 0 Å². The highest BCUT2D eigenvalue weighted by atomic mass is 16.3. The predicted octanol–water partition coefficient (Wildman–Crippen LogP) is 1.08. The topological polar surface area (TPSA) is 92.3 Å². The molecule has 0 bridgehead atoms. The van der Waals surface area contributed by atoms with E-state index in [1.165, 1.54) is 0 Å². The maximum absolute atomic E-state index is 12.7. The summed E-state index contributed by atoms with van der Waals surface area (Å²) in [4.78, 5) is 23.5. The van der Waals surface area contributed by atoms with E-state index < -0.39 is 6.10 Å². The number of hydrogen-bond donors (Lipinski definition) is 2. The van der Waals surface area contributed by atoms with Crippen LogP contribution >= 0.6 is 0 Å². The summed E-state index contributed by atoms with van der Waals surface area (Å²) in [7, 11) is 0. The molecule has 24 heavy (non-hydrogen) atoms. The Hall–Kier alpha value is -2.31. The molecule has 4 rings (SSSR count). The number of aliphatic hydroxyl groups excluding tert-OH is 1. The lowest BCUT2D eigenvalue weighted by molar-refractivity contribution is -0.136. The monoisotopic (exact) mass is 324 g/mol. The molecular formula is C18H20N4O2. The van der Waals surface area contributed by atoms with Crippen LogP contribution in [0.5, 0.6) is 0 Å². The lowest BCUT2D eigenvalue weighted by atomic mass is 10.1. The molecule has 1 fully saturated rings. The Labute approximate surface area is 140 Å². The van der Waals surface area contributed by atoms with Gasteiger partial charge in [0, 0.05) is 35.8 Å². The fourth-order valence-electron chi connectivity index (χ4n) is 3.54. The molecule has 3 atom stereocenters. The van der Waals surface area contributed by atoms with Gasteiger partial charge in [0.15, 0.2) is 5.82 Å². The van der Waals surface area contributed by atoms with Gasteiger partial charge in [0.05, 0.1) is 18.3 Å². The fourth-order valence-corrected chi connectivity index (χ4v) is 3.54. The quantitative estimate of drug-likeness (QED) is 0.862. The Morgan fingerprint density at radius 3 is 2.71 bits per heavy atom. The van der Waals surface area contributed by atoms with Crippen molar-refractivity contribution in [1.82, 2.24) is 14.9 Å². The molecule has 1 aliphatic carbocycles. The van der Waals surface area contributed by atoms with E-state index in [2.05, 4.69) is 9.97 Å². The van der Waals surface area contributed by atoms with Crippen LogP contribution in [-0.2, 0) is 17.9 Å². The lowest BCUT2D eigenvalue weighted by Crippen LogP contribution is -2.31. The number of nitrogens with zero attached hydrogens (tertiary/aromatic N) is 3. The van der Waals surface area contributed by atoms with Gasteiger partial charge in [-0.15, -0.1) is 0 Å². The Morgan fingerprint density at radius 1 is 1.21 bits per heavy atom. The van der Waals surface area contributed by atoms with Crippen molar-refractivity contribution < 1.29 is 9.90 Å². The van der Waals surface area contributed by atoms with Crippen molar-refractivity contribution in [3.63, 3.8) is 0 Å². The number of aliphatic hydroxyl groups is 1. The molecule has 1 saturated carbocycles. The number of amides is 1. The summed E-state index contributed by atoms with van der Waals surface area (Å²) in [6, 6.07) is 9.51. The van der Waals surface area contributed by atoms with E-state index in [1.807, 2.05) is 36.5 Å². The van der Waals surface area contributed by atoms with E-state index in [9.17, 15) is 9.90 Å². The average molecular weight is 324 g/mol. The molecule has 0 saturated heterocycles. The molecule has 0 spiro atoms. The molecule has 2 aromatic rings. The third kappa shape index (κ3) is 2.68. The maximum Gasteiger partial charge on any atom is 0.226 e. The summed E-state index contributed by atoms with van der Waals surface area (Å²) >= 11 is 0. The molecule has 124 valence electrons. The third-order valence-electron chi connectivity index (χ3n) is 4.93. The average Bonchev–Trinajstić information content (AvgIpc) is 3.18. The van der Waals surface area contributed by atoms with Gasteiger partial charge in [-0.2, -0.15) is 0 Å². The number of carbonyl (C=O) groups is 1. The van der Waals surface area contributed by atoms with Crippen molar-refractivity contribution >= 4 is 5.91 Å². The number of rotatable bonds is 2. The summed E-state index contributed by atoms with van der Waals surface area (Å²) in [5.74, 6) is 0.550. The van der Waals surface area contributed by atoms with Crippen LogP contribution in [0.25, 0.3) is 11.4 Å². The molecule has 1 aliphatic heterocycles. The van der Waals surface area contributed by atoms with Gasteiger partial charge in [0.25, 0.3) is 0 Å². The van der Waals surface area contributed by atoms with E-state index in [0.717, 1.165) is 16.8 Å². The molecule has 6 heteroatoms. The summed E-state index contributed by atoms with van der Waals surface area (Å²) in [6.45, 7) is 1.03. The molecular weight excluding hydrogens is 304 g/mol. The van der Waals surface area contributed by atoms with Crippen LogP contribution in [0.15, 0.2) is 36.5 Å². The number of hydrogen-bond acceptors (Lipinski definition) is 5. The zero-order chi connectivity index (χ0) is 16.7. The van der Waals surface area contributed by atoms with E-state index in [1.54, 1.807) is 4.90 Å². The summed E-state index contributed by atoms with van der Waals surface area (Å²) in [5, 5.41) is 9.78. The largest absolute Gasteiger partial charge is 0.391 e. The van der Waals surface area contributed by atoms with Crippen molar-refractivity contribution in [3.05, 3.63) is 47.8 Å². The minimum Gasteiger partial charge on any atom is -0.391 e. The molecule has 1 aromatic heterocycles. The van der Waals surface area contributed by atoms with Crippen LogP contribution in [0.4, 0.5) is 0 Å². The van der Waals surface area contributed by atoms with Crippen LogP contribution < -0.4 is 5.73 Å². The van der Waals surface area contributed by atoms with Crippen molar-refractivity contribution in [2.45, 2.75) is 38.1 Å². The summed E-state index contributed by atoms with van der Waals surface area (Å²) < 4.78 is 0. The fraction of sp³-hybridized carbons (Fsp3) is 0.389. The first-order chi connectivity index (χ1) is 11.6. The van der Waals surface area contributed by atoms with Crippen LogP contribution in [-0.4, -0.2) is 38.0 Å². The van der Waals surface area contributed by atoms with Gasteiger partial charge in [-0.05, 0) is 12.8 Å². The first-order valence-electron chi connectivity index (χ1n) is 8.24. The second-order valence-corrected chi connectivity index (χ2v) is 6.63. The van der Waals surface area contributed by atoms with Gasteiger partial charge in [-0.3, -0.25) is 4.79 Å². The first-order valence-corrected chi connectivity index (χ1v) is 8.24. The van der Waals surface area contributed by atoms with Gasteiger partial charge in [0.2, 0.25) is 5.91 Å². The number of benzene rings is 1. The Bertz CT molecular complexity index is 755. The van der Waals surface area contributed by atoms with Crippen LogP contribution in [0.1, 0.15) is 24.1 Å². The highest BCUT2D eigenvalue weighted by molar-refractivity contribution is 5.80. The molecule has 6 nitrogen and oxygen atoms in total. The van der Waals surface area contributed by atoms with Gasteiger partial charge in [0.1, 0.15) is 0 Å². The molecule has 1 amide bonds. The van der Waals surface area contributed by atoms with E-state index in [4.69, 9.17) is 5.73 Å². The van der Waals surface area contributed by atoms with E-state index in [-0.39, 0.29) is 17.9 Å². The van der Waals surface area contributed by atoms with Crippen molar-refractivity contribution in [1.29, 1.82) is 0 Å². The minimum absolute atomic E-state index is 0.0567. The Balaban J connectivity index is 1.51. The summed E-state index contributed by atoms with van der Waals surface area (Å²) in [5.41, 5.74) is 8.69. The number of aromatic nitrogens is 2. The SMILES string of the molecule is N[C@@H]1C[C@H](C(=O)N2Cc3cnc(-c4ccccc4)nc3C2)C[C@H]1O. The Kier molecular flexibility index (Phi) is 3.78. The van der Waals surface area contributed by atoms with Gasteiger partial charge in [-0.25, -0.2) is 9.97 Å². The molecule has 0 radical (unpaired) electrons. The standard InChI is InChI=1S/C18H20N4O2/c19-14-6-12(7-16(14)23)18(24)22-9-13-8-20-17(21-15(13)10-22)11-4-2-1-3-5-11/h1-5,8,12,14,16,23H,6-7,9-10,19H2/t12-,14+,16+/m0/s1. The minimum atomic E-state index is -0.576. The van der Waals surface area contributed by atoms with Crippen LogP contribution in [0, 0.1) is 5.92 Å². The van der Waals surface area contributed by atoms with Gasteiger partial charge >= 0.3 is 0 Å². The number of fused-ring (bicyclic) bond motifs is 1. The van der Waals surface area contributed by atoms with Gasteiger partial charge in [-0.1, -0.05) is 30.3 Å². The second-order valence-electron chi connectivity index (χ2n) is 6.63. The normalized spacial score (nSPS) is 25.8. The molecule has 2 heterocycles. The molecule has 3 N–H and O–H groups in total. The smallest absolute Gasteiger partial charge is 0.226 e. The van der Waals surface area contributed by atoms with E-state index >= 15 is 0 Å². The third-order valence-corrected chi connectivity index (χ3v) is 4.93. The highest BCUT2D eigenvalue weighted by Crippen LogP contribution is 2.30. The van der Waals surface area contributed by atoms with E-state index in [0.29, 0.717) is 31.8 Å². The van der Waals surface area contributed by atoms with Crippen molar-refractivity contribution in [2.75, 3.05) is 0 Å². The molecule has 1 aromatic carbocycles. The molecule has 2 aliphatic rings. The van der Waals surface area contributed by atoms with Crippen molar-refractivity contribution in [3.8, 4) is 11.4 Å². The first kappa shape index (κ1) is 15.2. The summed E-state index contributed by atoms with van der Waals surface area (Å²) in [6.07, 6.45) is 2.24. The number of nitrogens with two attached hydrogens (primary N) is 1. The Morgan fingerprint density at radius 2 is 2.00 bits per heavy atom. The number of carbonyl (C=O) groups excluding carboxylic acids is 1. The van der Waals surface area contributed by atoms with Crippen LogP contribution in [0.2, 0.25) is 0 Å².